The van der Waals surface area contributed by atoms with Crippen molar-refractivity contribution in [3.05, 3.63) is 12.2 Å². The lowest BCUT2D eigenvalue weighted by atomic mass is 10.2. The Labute approximate surface area is 67.3 Å². The zero-order valence-electron chi connectivity index (χ0n) is 6.88. The first kappa shape index (κ1) is 10.1. The first-order valence-electron chi connectivity index (χ1n) is 3.88. The van der Waals surface area contributed by atoms with Crippen LogP contribution in [0.3, 0.4) is 0 Å². The van der Waals surface area contributed by atoms with E-state index in [0.29, 0.717) is 6.42 Å². The lowest BCUT2D eigenvalue weighted by Crippen LogP contribution is -1.80. The summed E-state index contributed by atoms with van der Waals surface area (Å²) in [6, 6.07) is 0. The standard InChI is InChI=1S/C9H14O2/c1-9(11)7-5-3-2-4-6-8-10/h5,7-8H,2-4,6H2,1H3/b7-5+. The van der Waals surface area contributed by atoms with Crippen LogP contribution in [0.4, 0.5) is 0 Å². The van der Waals surface area contributed by atoms with Crippen LogP contribution in [-0.4, -0.2) is 12.1 Å². The summed E-state index contributed by atoms with van der Waals surface area (Å²) in [5.41, 5.74) is 0. The van der Waals surface area contributed by atoms with Crippen molar-refractivity contribution in [3.63, 3.8) is 0 Å². The molecule has 2 heteroatoms. The summed E-state index contributed by atoms with van der Waals surface area (Å²) in [5.74, 6) is 0.0837. The predicted octanol–water partition coefficient (Wildman–Crippen LogP) is 1.89. The summed E-state index contributed by atoms with van der Waals surface area (Å²) in [7, 11) is 0. The minimum absolute atomic E-state index is 0.0837. The van der Waals surface area contributed by atoms with Crippen molar-refractivity contribution >= 4 is 12.1 Å². The van der Waals surface area contributed by atoms with Gasteiger partial charge in [0.25, 0.3) is 0 Å². The summed E-state index contributed by atoms with van der Waals surface area (Å²) in [6.45, 7) is 1.53. The van der Waals surface area contributed by atoms with E-state index >= 15 is 0 Å². The molecule has 0 aromatic heterocycles. The largest absolute Gasteiger partial charge is 0.303 e. The molecule has 0 N–H and O–H groups in total. The van der Waals surface area contributed by atoms with Crippen molar-refractivity contribution in [3.8, 4) is 0 Å². The third-order valence-corrected chi connectivity index (χ3v) is 1.30. The van der Waals surface area contributed by atoms with E-state index in [2.05, 4.69) is 0 Å². The van der Waals surface area contributed by atoms with E-state index in [-0.39, 0.29) is 5.78 Å². The zero-order chi connectivity index (χ0) is 8.53. The molecule has 0 unspecified atom stereocenters. The number of aldehydes is 1. The molecule has 11 heavy (non-hydrogen) atoms. The number of unbranched alkanes of at least 4 members (excludes halogenated alkanes) is 3. The number of rotatable bonds is 6. The quantitative estimate of drug-likeness (QED) is 0.332. The lowest BCUT2D eigenvalue weighted by Gasteiger charge is -1.89. The topological polar surface area (TPSA) is 34.1 Å². The average molecular weight is 154 g/mol. The molecule has 0 spiro atoms. The average Bonchev–Trinajstić information content (AvgIpc) is 1.96. The zero-order valence-corrected chi connectivity index (χ0v) is 6.88. The molecular weight excluding hydrogens is 140 g/mol. The smallest absolute Gasteiger partial charge is 0.152 e. The van der Waals surface area contributed by atoms with Gasteiger partial charge >= 0.3 is 0 Å². The molecule has 62 valence electrons. The molecule has 0 saturated carbocycles. The Morgan fingerprint density at radius 2 is 1.91 bits per heavy atom. The van der Waals surface area contributed by atoms with E-state index < -0.39 is 0 Å². The maximum atomic E-state index is 10.4. The van der Waals surface area contributed by atoms with Gasteiger partial charge in [0.15, 0.2) is 5.78 Å². The Morgan fingerprint density at radius 3 is 2.45 bits per heavy atom. The Hall–Kier alpha value is -0.920. The maximum Gasteiger partial charge on any atom is 0.152 e. The van der Waals surface area contributed by atoms with E-state index in [9.17, 15) is 9.59 Å². The molecule has 0 bridgehead atoms. The highest BCUT2D eigenvalue weighted by Crippen LogP contribution is 1.98. The summed E-state index contributed by atoms with van der Waals surface area (Å²) in [5, 5.41) is 0. The van der Waals surface area contributed by atoms with Crippen molar-refractivity contribution in [1.82, 2.24) is 0 Å². The number of allylic oxidation sites excluding steroid dienone is 2. The highest BCUT2D eigenvalue weighted by atomic mass is 16.1. The minimum atomic E-state index is 0.0837. The van der Waals surface area contributed by atoms with E-state index in [1.165, 1.54) is 6.92 Å². The van der Waals surface area contributed by atoms with Gasteiger partial charge < -0.3 is 4.79 Å². The number of carbonyl (C=O) groups excluding carboxylic acids is 2. The van der Waals surface area contributed by atoms with Gasteiger partial charge in [-0.2, -0.15) is 0 Å². The van der Waals surface area contributed by atoms with Crippen LogP contribution in [0.5, 0.6) is 0 Å². The normalized spacial score (nSPS) is 10.3. The summed E-state index contributed by atoms with van der Waals surface area (Å²) in [4.78, 5) is 20.3. The van der Waals surface area contributed by atoms with Crippen LogP contribution < -0.4 is 0 Å². The van der Waals surface area contributed by atoms with Crippen LogP contribution in [0, 0.1) is 0 Å². The van der Waals surface area contributed by atoms with Gasteiger partial charge in [-0.3, -0.25) is 4.79 Å². The highest BCUT2D eigenvalue weighted by molar-refractivity contribution is 5.87. The molecule has 0 rings (SSSR count). The fraction of sp³-hybridized carbons (Fsp3) is 0.556. The third-order valence-electron chi connectivity index (χ3n) is 1.30. The Bertz CT molecular complexity index is 148. The van der Waals surface area contributed by atoms with Gasteiger partial charge in [0.1, 0.15) is 6.29 Å². The molecule has 2 nitrogen and oxygen atoms in total. The van der Waals surface area contributed by atoms with Crippen molar-refractivity contribution in [2.24, 2.45) is 0 Å². The molecule has 0 aliphatic carbocycles. The molecule has 0 amide bonds. The van der Waals surface area contributed by atoms with Gasteiger partial charge in [-0.25, -0.2) is 0 Å². The number of carbonyl (C=O) groups is 2. The lowest BCUT2D eigenvalue weighted by molar-refractivity contribution is -0.112. The Balaban J connectivity index is 3.13. The second-order valence-corrected chi connectivity index (χ2v) is 2.46. The first-order valence-corrected chi connectivity index (χ1v) is 3.88. The second kappa shape index (κ2) is 7.19. The van der Waals surface area contributed by atoms with Gasteiger partial charge in [0.05, 0.1) is 0 Å². The molecule has 0 radical (unpaired) electrons. The minimum Gasteiger partial charge on any atom is -0.303 e. The molecule has 0 aliphatic rings. The first-order chi connectivity index (χ1) is 5.27. The van der Waals surface area contributed by atoms with Crippen LogP contribution in [0.2, 0.25) is 0 Å². The van der Waals surface area contributed by atoms with Gasteiger partial charge in [-0.05, 0) is 32.3 Å². The van der Waals surface area contributed by atoms with E-state index in [1.807, 2.05) is 6.08 Å². The van der Waals surface area contributed by atoms with E-state index in [0.717, 1.165) is 25.5 Å². The number of hydrogen-bond donors (Lipinski definition) is 0. The number of hydrogen-bond acceptors (Lipinski definition) is 2. The van der Waals surface area contributed by atoms with Gasteiger partial charge in [0.2, 0.25) is 0 Å². The van der Waals surface area contributed by atoms with Crippen molar-refractivity contribution in [2.75, 3.05) is 0 Å². The molecule has 0 aromatic rings. The molecular formula is C9H14O2. The van der Waals surface area contributed by atoms with Crippen LogP contribution >= 0.6 is 0 Å². The molecule has 0 fully saturated rings. The van der Waals surface area contributed by atoms with E-state index in [4.69, 9.17) is 0 Å². The SMILES string of the molecule is CC(=O)/C=C/CCCCC=O. The van der Waals surface area contributed by atoms with Gasteiger partial charge in [-0.1, -0.05) is 6.08 Å². The van der Waals surface area contributed by atoms with E-state index in [1.54, 1.807) is 6.08 Å². The molecule has 0 aromatic carbocycles. The highest BCUT2D eigenvalue weighted by Gasteiger charge is 1.85. The van der Waals surface area contributed by atoms with Gasteiger partial charge in [0, 0.05) is 6.42 Å². The van der Waals surface area contributed by atoms with Crippen LogP contribution in [0.1, 0.15) is 32.6 Å². The second-order valence-electron chi connectivity index (χ2n) is 2.46. The molecule has 0 aliphatic heterocycles. The fourth-order valence-corrected chi connectivity index (χ4v) is 0.739. The molecule has 0 atom stereocenters. The summed E-state index contributed by atoms with van der Waals surface area (Å²) < 4.78 is 0. The van der Waals surface area contributed by atoms with Gasteiger partial charge in [-0.15, -0.1) is 0 Å². The fourth-order valence-electron chi connectivity index (χ4n) is 0.739. The van der Waals surface area contributed by atoms with Crippen molar-refractivity contribution in [1.29, 1.82) is 0 Å². The predicted molar refractivity (Wildman–Crippen MR) is 44.4 cm³/mol. The van der Waals surface area contributed by atoms with Crippen molar-refractivity contribution < 1.29 is 9.59 Å². The third kappa shape index (κ3) is 9.08. The Kier molecular flexibility index (Phi) is 6.59. The molecule has 0 heterocycles. The maximum absolute atomic E-state index is 10.4. The molecule has 0 saturated heterocycles. The summed E-state index contributed by atoms with van der Waals surface area (Å²) >= 11 is 0. The van der Waals surface area contributed by atoms with Crippen LogP contribution in [-0.2, 0) is 9.59 Å². The van der Waals surface area contributed by atoms with Crippen LogP contribution in [0.25, 0.3) is 0 Å². The Morgan fingerprint density at radius 1 is 1.27 bits per heavy atom. The van der Waals surface area contributed by atoms with Crippen LogP contribution in [0.15, 0.2) is 12.2 Å². The van der Waals surface area contributed by atoms with Crippen molar-refractivity contribution in [2.45, 2.75) is 32.6 Å². The number of ketones is 1. The summed E-state index contributed by atoms with van der Waals surface area (Å²) in [6.07, 6.45) is 7.79. The monoisotopic (exact) mass is 154 g/mol.